The van der Waals surface area contributed by atoms with Crippen molar-refractivity contribution in [2.75, 3.05) is 18.5 Å². The third-order valence-electron chi connectivity index (χ3n) is 3.11. The summed E-state index contributed by atoms with van der Waals surface area (Å²) in [6.45, 7) is 1.67. The van der Waals surface area contributed by atoms with Gasteiger partial charge in [-0.2, -0.15) is 0 Å². The average molecular weight is 244 g/mol. The first-order valence-corrected chi connectivity index (χ1v) is 6.25. The second kappa shape index (κ2) is 5.23. The van der Waals surface area contributed by atoms with E-state index in [1.807, 2.05) is 12.1 Å². The Balaban J connectivity index is 1.74. The van der Waals surface area contributed by atoms with Crippen molar-refractivity contribution in [3.63, 3.8) is 0 Å². The Bertz CT molecular complexity index is 490. The summed E-state index contributed by atoms with van der Waals surface area (Å²) in [6, 6.07) is 8.58. The minimum Gasteiger partial charge on any atom is -0.444 e. The highest BCUT2D eigenvalue weighted by atomic mass is 16.5. The molecule has 0 aliphatic carbocycles. The molecular formula is C14H16N2O2. The lowest BCUT2D eigenvalue weighted by Gasteiger charge is -2.24. The maximum absolute atomic E-state index is 5.47. The molecule has 3 rings (SSSR count). The van der Waals surface area contributed by atoms with Gasteiger partial charge in [0.2, 0.25) is 0 Å². The molecule has 1 aromatic heterocycles. The van der Waals surface area contributed by atoms with Gasteiger partial charge >= 0.3 is 0 Å². The van der Waals surface area contributed by atoms with Crippen LogP contribution in [0.15, 0.2) is 41.3 Å². The zero-order valence-corrected chi connectivity index (χ0v) is 10.1. The molecule has 0 amide bonds. The van der Waals surface area contributed by atoms with Crippen LogP contribution in [0.3, 0.4) is 0 Å². The lowest BCUT2D eigenvalue weighted by atomic mass is 10.1. The van der Waals surface area contributed by atoms with Crippen molar-refractivity contribution >= 4 is 5.69 Å². The SMILES string of the molecule is c1cc(NC2CCCOC2)cc(-c2cnco2)c1. The minimum atomic E-state index is 0.406. The molecule has 1 unspecified atom stereocenters. The highest BCUT2D eigenvalue weighted by Gasteiger charge is 2.13. The first-order chi connectivity index (χ1) is 8.92. The number of nitrogens with one attached hydrogen (secondary N) is 1. The molecule has 1 aromatic carbocycles. The molecule has 2 aromatic rings. The van der Waals surface area contributed by atoms with Crippen LogP contribution in [0.4, 0.5) is 5.69 Å². The Hall–Kier alpha value is -1.81. The fourth-order valence-corrected chi connectivity index (χ4v) is 2.21. The summed E-state index contributed by atoms with van der Waals surface area (Å²) in [5.41, 5.74) is 2.13. The number of benzene rings is 1. The largest absolute Gasteiger partial charge is 0.444 e. The van der Waals surface area contributed by atoms with Gasteiger partial charge in [-0.15, -0.1) is 0 Å². The molecule has 94 valence electrons. The molecule has 0 saturated carbocycles. The van der Waals surface area contributed by atoms with Gasteiger partial charge in [0.25, 0.3) is 0 Å². The number of aromatic nitrogens is 1. The Labute approximate surface area is 106 Å². The summed E-state index contributed by atoms with van der Waals surface area (Å²) in [4.78, 5) is 3.94. The van der Waals surface area contributed by atoms with Crippen LogP contribution in [0, 0.1) is 0 Å². The highest BCUT2D eigenvalue weighted by molar-refractivity contribution is 5.63. The van der Waals surface area contributed by atoms with Crippen LogP contribution < -0.4 is 5.32 Å². The quantitative estimate of drug-likeness (QED) is 0.901. The molecule has 1 fully saturated rings. The normalized spacial score (nSPS) is 19.7. The van der Waals surface area contributed by atoms with Gasteiger partial charge in [-0.3, -0.25) is 0 Å². The van der Waals surface area contributed by atoms with Crippen molar-refractivity contribution in [1.29, 1.82) is 0 Å². The molecule has 1 atom stereocenters. The topological polar surface area (TPSA) is 47.3 Å². The highest BCUT2D eigenvalue weighted by Crippen LogP contribution is 2.23. The summed E-state index contributed by atoms with van der Waals surface area (Å²) >= 11 is 0. The van der Waals surface area contributed by atoms with Crippen molar-refractivity contribution < 1.29 is 9.15 Å². The lowest BCUT2D eigenvalue weighted by molar-refractivity contribution is 0.0876. The fraction of sp³-hybridized carbons (Fsp3) is 0.357. The van der Waals surface area contributed by atoms with Gasteiger partial charge in [-0.05, 0) is 25.0 Å². The van der Waals surface area contributed by atoms with Crippen LogP contribution in [0.1, 0.15) is 12.8 Å². The standard InChI is InChI=1S/C14H16N2O2/c1-3-11(14-8-15-10-18-14)7-12(4-1)16-13-5-2-6-17-9-13/h1,3-4,7-8,10,13,16H,2,5-6,9H2. The monoisotopic (exact) mass is 244 g/mol. The van der Waals surface area contributed by atoms with Gasteiger partial charge in [0.05, 0.1) is 12.8 Å². The molecule has 1 aliphatic rings. The molecule has 4 heteroatoms. The summed E-state index contributed by atoms with van der Waals surface area (Å²) in [5.74, 6) is 0.790. The molecule has 4 nitrogen and oxygen atoms in total. The van der Waals surface area contributed by atoms with Crippen LogP contribution in [-0.4, -0.2) is 24.2 Å². The first-order valence-electron chi connectivity index (χ1n) is 6.25. The average Bonchev–Trinajstić information content (AvgIpc) is 2.94. The zero-order valence-electron chi connectivity index (χ0n) is 10.1. The van der Waals surface area contributed by atoms with Crippen molar-refractivity contribution in [1.82, 2.24) is 4.98 Å². The van der Waals surface area contributed by atoms with Gasteiger partial charge in [-0.25, -0.2) is 4.98 Å². The molecule has 0 bridgehead atoms. The third kappa shape index (κ3) is 2.54. The van der Waals surface area contributed by atoms with Gasteiger partial charge in [0.15, 0.2) is 12.2 Å². The molecule has 18 heavy (non-hydrogen) atoms. The summed E-state index contributed by atoms with van der Waals surface area (Å²) in [5, 5.41) is 3.50. The maximum atomic E-state index is 5.47. The van der Waals surface area contributed by atoms with E-state index in [-0.39, 0.29) is 0 Å². The maximum Gasteiger partial charge on any atom is 0.181 e. The summed E-state index contributed by atoms with van der Waals surface area (Å²) in [7, 11) is 0. The Morgan fingerprint density at radius 3 is 3.11 bits per heavy atom. The number of anilines is 1. The molecule has 1 aliphatic heterocycles. The first kappa shape index (κ1) is 11.3. The predicted molar refractivity (Wildman–Crippen MR) is 69.4 cm³/mol. The van der Waals surface area contributed by atoms with Crippen molar-refractivity contribution in [3.05, 3.63) is 36.9 Å². The van der Waals surface area contributed by atoms with E-state index in [0.717, 1.165) is 43.1 Å². The minimum absolute atomic E-state index is 0.406. The van der Waals surface area contributed by atoms with Gasteiger partial charge in [0, 0.05) is 23.9 Å². The van der Waals surface area contributed by atoms with Crippen LogP contribution in [0.25, 0.3) is 11.3 Å². The number of hydrogen-bond acceptors (Lipinski definition) is 4. The van der Waals surface area contributed by atoms with E-state index in [1.165, 1.54) is 6.39 Å². The zero-order chi connectivity index (χ0) is 12.2. The van der Waals surface area contributed by atoms with Crippen LogP contribution in [0.5, 0.6) is 0 Å². The van der Waals surface area contributed by atoms with Crippen molar-refractivity contribution in [3.8, 4) is 11.3 Å². The summed E-state index contributed by atoms with van der Waals surface area (Å²) in [6.07, 6.45) is 5.46. The van der Waals surface area contributed by atoms with Crippen LogP contribution in [0.2, 0.25) is 0 Å². The molecule has 1 saturated heterocycles. The van der Waals surface area contributed by atoms with E-state index in [9.17, 15) is 0 Å². The van der Waals surface area contributed by atoms with Crippen molar-refractivity contribution in [2.45, 2.75) is 18.9 Å². The number of oxazole rings is 1. The Kier molecular flexibility index (Phi) is 3.28. The van der Waals surface area contributed by atoms with E-state index in [2.05, 4.69) is 22.4 Å². The Morgan fingerprint density at radius 2 is 2.33 bits per heavy atom. The van der Waals surface area contributed by atoms with E-state index in [4.69, 9.17) is 9.15 Å². The molecule has 0 spiro atoms. The van der Waals surface area contributed by atoms with Crippen LogP contribution in [-0.2, 0) is 4.74 Å². The van der Waals surface area contributed by atoms with Gasteiger partial charge in [-0.1, -0.05) is 12.1 Å². The number of rotatable bonds is 3. The van der Waals surface area contributed by atoms with Crippen molar-refractivity contribution in [2.24, 2.45) is 0 Å². The van der Waals surface area contributed by atoms with E-state index in [0.29, 0.717) is 6.04 Å². The molecule has 0 radical (unpaired) electrons. The molecule has 1 N–H and O–H groups in total. The summed E-state index contributed by atoms with van der Waals surface area (Å²) < 4.78 is 10.8. The van der Waals surface area contributed by atoms with E-state index >= 15 is 0 Å². The number of hydrogen-bond donors (Lipinski definition) is 1. The Morgan fingerprint density at radius 1 is 1.33 bits per heavy atom. The smallest absolute Gasteiger partial charge is 0.181 e. The van der Waals surface area contributed by atoms with Crippen LogP contribution >= 0.6 is 0 Å². The fourth-order valence-electron chi connectivity index (χ4n) is 2.21. The lowest BCUT2D eigenvalue weighted by Crippen LogP contribution is -2.29. The predicted octanol–water partition coefficient (Wildman–Crippen LogP) is 2.93. The number of ether oxygens (including phenoxy) is 1. The molecular weight excluding hydrogens is 228 g/mol. The van der Waals surface area contributed by atoms with Gasteiger partial charge < -0.3 is 14.5 Å². The van der Waals surface area contributed by atoms with E-state index in [1.54, 1.807) is 6.20 Å². The second-order valence-electron chi connectivity index (χ2n) is 4.50. The second-order valence-corrected chi connectivity index (χ2v) is 4.50. The molecule has 2 heterocycles. The number of nitrogens with zero attached hydrogens (tertiary/aromatic N) is 1. The third-order valence-corrected chi connectivity index (χ3v) is 3.11. The van der Waals surface area contributed by atoms with E-state index < -0.39 is 0 Å². The van der Waals surface area contributed by atoms with Gasteiger partial charge in [0.1, 0.15) is 0 Å².